The van der Waals surface area contributed by atoms with E-state index in [-0.39, 0.29) is 5.56 Å². The number of hydrogen-bond acceptors (Lipinski definition) is 4. The molecule has 1 atom stereocenters. The summed E-state index contributed by atoms with van der Waals surface area (Å²) in [5, 5.41) is 3.27. The van der Waals surface area contributed by atoms with E-state index in [4.69, 9.17) is 4.74 Å². The van der Waals surface area contributed by atoms with Gasteiger partial charge in [-0.15, -0.1) is 0 Å². The number of nitrogens with zero attached hydrogens (tertiary/aromatic N) is 3. The minimum atomic E-state index is -0.00927. The quantitative estimate of drug-likeness (QED) is 0.784. The van der Waals surface area contributed by atoms with Gasteiger partial charge in [0, 0.05) is 42.0 Å². The summed E-state index contributed by atoms with van der Waals surface area (Å²) in [6, 6.07) is 10.2. The third kappa shape index (κ3) is 3.01. The Kier molecular flexibility index (Phi) is 4.28. The van der Waals surface area contributed by atoms with Crippen molar-refractivity contribution in [3.05, 3.63) is 63.2 Å². The van der Waals surface area contributed by atoms with Crippen molar-refractivity contribution in [2.24, 2.45) is 0 Å². The van der Waals surface area contributed by atoms with E-state index in [0.717, 1.165) is 43.2 Å². The highest BCUT2D eigenvalue weighted by molar-refractivity contribution is 5.42. The molecular formula is C20H24N4O2. The number of aryl methyl sites for hydroxylation is 1. The Hall–Kier alpha value is -2.60. The molecule has 26 heavy (non-hydrogen) atoms. The maximum Gasteiger partial charge on any atom is 0.275 e. The van der Waals surface area contributed by atoms with Gasteiger partial charge in [0.1, 0.15) is 5.75 Å². The summed E-state index contributed by atoms with van der Waals surface area (Å²) in [7, 11) is 1.69. The third-order valence-electron chi connectivity index (χ3n) is 5.36. The third-order valence-corrected chi connectivity index (χ3v) is 5.36. The molecule has 3 heterocycles. The smallest absolute Gasteiger partial charge is 0.275 e. The predicted molar refractivity (Wildman–Crippen MR) is 101 cm³/mol. The van der Waals surface area contributed by atoms with Crippen LogP contribution in [0.1, 0.15) is 34.9 Å². The number of benzene rings is 1. The minimum absolute atomic E-state index is 0.00927. The summed E-state index contributed by atoms with van der Waals surface area (Å²) in [6.07, 6.45) is 1.07. The molecule has 0 amide bonds. The lowest BCUT2D eigenvalue weighted by Gasteiger charge is -2.16. The predicted octanol–water partition coefficient (Wildman–Crippen LogP) is 2.64. The fraction of sp³-hybridized carbons (Fsp3) is 0.400. The molecule has 1 fully saturated rings. The molecule has 0 saturated carbocycles. The highest BCUT2D eigenvalue weighted by Crippen LogP contribution is 2.28. The van der Waals surface area contributed by atoms with E-state index in [9.17, 15) is 4.79 Å². The molecule has 0 bridgehead atoms. The molecule has 0 radical (unpaired) electrons. The largest absolute Gasteiger partial charge is 0.497 e. The summed E-state index contributed by atoms with van der Waals surface area (Å²) in [5.41, 5.74) is 4.54. The van der Waals surface area contributed by atoms with Crippen molar-refractivity contribution in [3.8, 4) is 5.75 Å². The molecule has 1 N–H and O–H groups in total. The maximum atomic E-state index is 12.4. The molecule has 1 aromatic carbocycles. The number of aromatic amines is 1. The molecule has 6 nitrogen and oxygen atoms in total. The van der Waals surface area contributed by atoms with Gasteiger partial charge < -0.3 is 4.74 Å². The van der Waals surface area contributed by atoms with E-state index in [1.54, 1.807) is 11.6 Å². The first kappa shape index (κ1) is 16.8. The van der Waals surface area contributed by atoms with Crippen LogP contribution in [0.5, 0.6) is 5.75 Å². The van der Waals surface area contributed by atoms with Gasteiger partial charge in [0.15, 0.2) is 5.65 Å². The van der Waals surface area contributed by atoms with Gasteiger partial charge in [-0.2, -0.15) is 0 Å². The van der Waals surface area contributed by atoms with Gasteiger partial charge in [-0.05, 0) is 44.5 Å². The van der Waals surface area contributed by atoms with Crippen molar-refractivity contribution < 1.29 is 4.74 Å². The van der Waals surface area contributed by atoms with E-state index in [0.29, 0.717) is 17.1 Å². The summed E-state index contributed by atoms with van der Waals surface area (Å²) < 4.78 is 6.88. The Labute approximate surface area is 152 Å². The number of fused-ring (bicyclic) bond motifs is 1. The van der Waals surface area contributed by atoms with Crippen LogP contribution in [0.3, 0.4) is 0 Å². The fourth-order valence-corrected chi connectivity index (χ4v) is 3.71. The topological polar surface area (TPSA) is 62.6 Å². The van der Waals surface area contributed by atoms with Crippen LogP contribution in [-0.2, 0) is 6.54 Å². The Morgan fingerprint density at radius 1 is 1.31 bits per heavy atom. The first-order valence-electron chi connectivity index (χ1n) is 8.99. The second kappa shape index (κ2) is 6.61. The summed E-state index contributed by atoms with van der Waals surface area (Å²) in [4.78, 5) is 19.4. The van der Waals surface area contributed by atoms with Crippen molar-refractivity contribution in [2.45, 2.75) is 32.7 Å². The molecule has 2 aromatic heterocycles. The first-order valence-corrected chi connectivity index (χ1v) is 8.99. The van der Waals surface area contributed by atoms with Crippen LogP contribution in [0, 0.1) is 13.8 Å². The Morgan fingerprint density at radius 3 is 2.96 bits per heavy atom. The highest BCUT2D eigenvalue weighted by Gasteiger charge is 2.26. The molecule has 0 aliphatic carbocycles. The molecule has 1 aliphatic heterocycles. The number of aromatic nitrogens is 3. The van der Waals surface area contributed by atoms with E-state index < -0.39 is 0 Å². The Morgan fingerprint density at radius 2 is 2.15 bits per heavy atom. The van der Waals surface area contributed by atoms with Gasteiger partial charge in [-0.25, -0.2) is 9.50 Å². The molecule has 136 valence electrons. The maximum absolute atomic E-state index is 12.4. The second-order valence-corrected chi connectivity index (χ2v) is 7.10. The number of H-pyrrole nitrogens is 1. The Balaban J connectivity index is 1.52. The van der Waals surface area contributed by atoms with Gasteiger partial charge in [-0.1, -0.05) is 12.1 Å². The molecule has 1 saturated heterocycles. The van der Waals surface area contributed by atoms with Crippen molar-refractivity contribution in [3.63, 3.8) is 0 Å². The fourth-order valence-electron chi connectivity index (χ4n) is 3.71. The lowest BCUT2D eigenvalue weighted by Crippen LogP contribution is -2.20. The van der Waals surface area contributed by atoms with Crippen molar-refractivity contribution in [1.29, 1.82) is 0 Å². The van der Waals surface area contributed by atoms with Crippen molar-refractivity contribution in [1.82, 2.24) is 19.5 Å². The summed E-state index contributed by atoms with van der Waals surface area (Å²) in [5.74, 6) is 1.28. The van der Waals surface area contributed by atoms with E-state index in [1.165, 1.54) is 5.56 Å². The van der Waals surface area contributed by atoms with Crippen molar-refractivity contribution in [2.75, 3.05) is 20.2 Å². The van der Waals surface area contributed by atoms with Crippen LogP contribution in [0.15, 0.2) is 35.1 Å². The van der Waals surface area contributed by atoms with Crippen molar-refractivity contribution >= 4 is 5.65 Å². The standard InChI is InChI=1S/C20H24N4O2/c1-13-14(2)21-19-10-18(22-24(19)20(13)25)16-7-8-23(12-16)11-15-5-4-6-17(9-15)26-3/h4-6,9-10,16,22H,7-8,11-12H2,1-3H3. The van der Waals surface area contributed by atoms with Gasteiger partial charge in [0.2, 0.25) is 0 Å². The van der Waals surface area contributed by atoms with Crippen LogP contribution in [0.2, 0.25) is 0 Å². The van der Waals surface area contributed by atoms with Gasteiger partial charge in [0.25, 0.3) is 5.56 Å². The highest BCUT2D eigenvalue weighted by atomic mass is 16.5. The normalized spacial score (nSPS) is 17.9. The second-order valence-electron chi connectivity index (χ2n) is 7.10. The number of ether oxygens (including phenoxy) is 1. The van der Waals surface area contributed by atoms with Crippen LogP contribution >= 0.6 is 0 Å². The lowest BCUT2D eigenvalue weighted by molar-refractivity contribution is 0.325. The number of hydrogen-bond donors (Lipinski definition) is 1. The first-order chi connectivity index (χ1) is 12.5. The molecule has 6 heteroatoms. The van der Waals surface area contributed by atoms with E-state index in [2.05, 4.69) is 27.1 Å². The SMILES string of the molecule is COc1cccc(CN2CCC(c3cc4nc(C)c(C)c(=O)n4[nH]3)C2)c1. The number of methoxy groups -OCH3 is 1. The zero-order chi connectivity index (χ0) is 18.3. The van der Waals surface area contributed by atoms with Crippen LogP contribution in [0.4, 0.5) is 0 Å². The van der Waals surface area contributed by atoms with Crippen LogP contribution in [0.25, 0.3) is 5.65 Å². The van der Waals surface area contributed by atoms with E-state index in [1.807, 2.05) is 32.0 Å². The monoisotopic (exact) mass is 352 g/mol. The van der Waals surface area contributed by atoms with Gasteiger partial charge >= 0.3 is 0 Å². The molecular weight excluding hydrogens is 328 g/mol. The van der Waals surface area contributed by atoms with E-state index >= 15 is 0 Å². The average Bonchev–Trinajstić information content (AvgIpc) is 3.27. The number of rotatable bonds is 4. The number of nitrogens with one attached hydrogen (secondary N) is 1. The number of likely N-dealkylation sites (tertiary alicyclic amines) is 1. The molecule has 1 aliphatic rings. The summed E-state index contributed by atoms with van der Waals surface area (Å²) >= 11 is 0. The summed E-state index contributed by atoms with van der Waals surface area (Å²) in [6.45, 7) is 6.62. The average molecular weight is 352 g/mol. The Bertz CT molecular complexity index is 1000. The molecule has 1 unspecified atom stereocenters. The zero-order valence-corrected chi connectivity index (χ0v) is 15.5. The molecule has 4 rings (SSSR count). The minimum Gasteiger partial charge on any atom is -0.497 e. The molecule has 0 spiro atoms. The zero-order valence-electron chi connectivity index (χ0n) is 15.5. The van der Waals surface area contributed by atoms with Crippen LogP contribution in [-0.4, -0.2) is 39.7 Å². The molecule has 3 aromatic rings. The van der Waals surface area contributed by atoms with Gasteiger partial charge in [0.05, 0.1) is 7.11 Å². The van der Waals surface area contributed by atoms with Gasteiger partial charge in [-0.3, -0.25) is 14.8 Å². The van der Waals surface area contributed by atoms with Crippen LogP contribution < -0.4 is 10.3 Å². The lowest BCUT2D eigenvalue weighted by atomic mass is 10.1.